The molecule has 84 valence electrons. The molecule has 15 heavy (non-hydrogen) atoms. The predicted octanol–water partition coefficient (Wildman–Crippen LogP) is 1.26. The molecule has 0 saturated carbocycles. The molecule has 0 aliphatic rings. The summed E-state index contributed by atoms with van der Waals surface area (Å²) in [5, 5.41) is 0. The molecule has 0 aromatic heterocycles. The highest BCUT2D eigenvalue weighted by Gasteiger charge is 2.17. The molecule has 0 fully saturated rings. The van der Waals surface area contributed by atoms with Crippen LogP contribution in [-0.4, -0.2) is 14.5 Å². The molecule has 0 bridgehead atoms. The molecule has 4 nitrogen and oxygen atoms in total. The van der Waals surface area contributed by atoms with E-state index in [0.29, 0.717) is 11.3 Å². The second kappa shape index (κ2) is 4.20. The van der Waals surface area contributed by atoms with Crippen LogP contribution in [0.15, 0.2) is 23.1 Å². The summed E-state index contributed by atoms with van der Waals surface area (Å²) in [7, 11) is -3.44. The van der Waals surface area contributed by atoms with Gasteiger partial charge in [-0.3, -0.25) is 0 Å². The van der Waals surface area contributed by atoms with E-state index in [-0.39, 0.29) is 10.9 Å². The first-order valence-electron chi connectivity index (χ1n) is 4.71. The van der Waals surface area contributed by atoms with E-state index in [2.05, 4.69) is 4.72 Å². The number of hydrogen-bond donors (Lipinski definition) is 2. The molecule has 3 N–H and O–H groups in total. The van der Waals surface area contributed by atoms with E-state index < -0.39 is 10.0 Å². The van der Waals surface area contributed by atoms with Crippen LogP contribution in [0.5, 0.6) is 0 Å². The van der Waals surface area contributed by atoms with E-state index >= 15 is 0 Å². The van der Waals surface area contributed by atoms with Crippen LogP contribution >= 0.6 is 0 Å². The van der Waals surface area contributed by atoms with Gasteiger partial charge >= 0.3 is 0 Å². The lowest BCUT2D eigenvalue weighted by Crippen LogP contribution is -2.30. The average Bonchev–Trinajstić information content (AvgIpc) is 2.06. The standard InChI is InChI=1S/C10H16N2O2S/c1-7(2)12-15(13,14)10-6-9(11)5-4-8(10)3/h4-7,12H,11H2,1-3H3. The van der Waals surface area contributed by atoms with E-state index in [1.165, 1.54) is 6.07 Å². The Morgan fingerprint density at radius 2 is 1.93 bits per heavy atom. The summed E-state index contributed by atoms with van der Waals surface area (Å²) in [5.74, 6) is 0. The molecule has 0 radical (unpaired) electrons. The van der Waals surface area contributed by atoms with E-state index in [0.717, 1.165) is 0 Å². The zero-order valence-electron chi connectivity index (χ0n) is 9.11. The first kappa shape index (κ1) is 12.0. The van der Waals surface area contributed by atoms with Crippen LogP contribution in [0.25, 0.3) is 0 Å². The van der Waals surface area contributed by atoms with Gasteiger partial charge in [0, 0.05) is 11.7 Å². The van der Waals surface area contributed by atoms with Crippen molar-refractivity contribution in [3.05, 3.63) is 23.8 Å². The highest BCUT2D eigenvalue weighted by atomic mass is 32.2. The molecule has 5 heteroatoms. The van der Waals surface area contributed by atoms with Crippen LogP contribution in [0, 0.1) is 6.92 Å². The van der Waals surface area contributed by atoms with Crippen LogP contribution in [0.3, 0.4) is 0 Å². The summed E-state index contributed by atoms with van der Waals surface area (Å²) in [6, 6.07) is 4.73. The maximum atomic E-state index is 11.8. The molecule has 0 heterocycles. The number of anilines is 1. The summed E-state index contributed by atoms with van der Waals surface area (Å²) < 4.78 is 26.2. The molecule has 0 amide bonds. The minimum Gasteiger partial charge on any atom is -0.399 e. The van der Waals surface area contributed by atoms with Gasteiger partial charge in [0.15, 0.2) is 0 Å². The Kier molecular flexibility index (Phi) is 3.36. The van der Waals surface area contributed by atoms with Crippen molar-refractivity contribution in [1.82, 2.24) is 4.72 Å². The number of hydrogen-bond acceptors (Lipinski definition) is 3. The molecular formula is C10H16N2O2S. The van der Waals surface area contributed by atoms with Crippen molar-refractivity contribution < 1.29 is 8.42 Å². The quantitative estimate of drug-likeness (QED) is 0.765. The summed E-state index contributed by atoms with van der Waals surface area (Å²) in [5.41, 5.74) is 6.70. The molecule has 0 saturated heterocycles. The SMILES string of the molecule is Cc1ccc(N)cc1S(=O)(=O)NC(C)C. The Balaban J connectivity index is 3.21. The smallest absolute Gasteiger partial charge is 0.241 e. The van der Waals surface area contributed by atoms with Gasteiger partial charge in [0.05, 0.1) is 4.90 Å². The second-order valence-electron chi connectivity index (χ2n) is 3.80. The minimum absolute atomic E-state index is 0.129. The van der Waals surface area contributed by atoms with Crippen LogP contribution in [0.1, 0.15) is 19.4 Å². The van der Waals surface area contributed by atoms with Gasteiger partial charge in [0.25, 0.3) is 0 Å². The van der Waals surface area contributed by atoms with Crippen molar-refractivity contribution in [2.75, 3.05) is 5.73 Å². The van der Waals surface area contributed by atoms with Gasteiger partial charge in [-0.05, 0) is 38.5 Å². The summed E-state index contributed by atoms with van der Waals surface area (Å²) >= 11 is 0. The van der Waals surface area contributed by atoms with Crippen molar-refractivity contribution in [2.45, 2.75) is 31.7 Å². The third kappa shape index (κ3) is 2.94. The van der Waals surface area contributed by atoms with Crippen LogP contribution in [0.2, 0.25) is 0 Å². The number of nitrogens with one attached hydrogen (secondary N) is 1. The summed E-state index contributed by atoms with van der Waals surface area (Å²) in [6.45, 7) is 5.30. The first-order valence-corrected chi connectivity index (χ1v) is 6.19. The Labute approximate surface area is 90.5 Å². The fourth-order valence-electron chi connectivity index (χ4n) is 1.28. The predicted molar refractivity (Wildman–Crippen MR) is 61.0 cm³/mol. The van der Waals surface area contributed by atoms with E-state index in [1.807, 2.05) is 0 Å². The number of aryl methyl sites for hydroxylation is 1. The third-order valence-electron chi connectivity index (χ3n) is 1.89. The Bertz CT molecular complexity index is 452. The zero-order valence-corrected chi connectivity index (χ0v) is 9.93. The number of sulfonamides is 1. The van der Waals surface area contributed by atoms with Crippen molar-refractivity contribution in [3.63, 3.8) is 0 Å². The second-order valence-corrected chi connectivity index (χ2v) is 5.48. The molecule has 0 aliphatic heterocycles. The third-order valence-corrected chi connectivity index (χ3v) is 3.69. The molecule has 1 aromatic carbocycles. The number of nitrogen functional groups attached to an aromatic ring is 1. The van der Waals surface area contributed by atoms with E-state index in [4.69, 9.17) is 5.73 Å². The topological polar surface area (TPSA) is 72.2 Å². The van der Waals surface area contributed by atoms with Crippen molar-refractivity contribution >= 4 is 15.7 Å². The van der Waals surface area contributed by atoms with Gasteiger partial charge in [0.2, 0.25) is 10.0 Å². The Morgan fingerprint density at radius 1 is 1.33 bits per heavy atom. The van der Waals surface area contributed by atoms with Gasteiger partial charge < -0.3 is 5.73 Å². The lowest BCUT2D eigenvalue weighted by atomic mass is 10.2. The lowest BCUT2D eigenvalue weighted by Gasteiger charge is -2.12. The fraction of sp³-hybridized carbons (Fsp3) is 0.400. The largest absolute Gasteiger partial charge is 0.399 e. The van der Waals surface area contributed by atoms with Crippen molar-refractivity contribution in [3.8, 4) is 0 Å². The average molecular weight is 228 g/mol. The first-order chi connectivity index (χ1) is 6.83. The zero-order chi connectivity index (χ0) is 11.6. The van der Waals surface area contributed by atoms with Crippen LogP contribution < -0.4 is 10.5 Å². The Hall–Kier alpha value is -1.07. The van der Waals surface area contributed by atoms with Gasteiger partial charge in [-0.15, -0.1) is 0 Å². The number of benzene rings is 1. The van der Waals surface area contributed by atoms with E-state index in [9.17, 15) is 8.42 Å². The normalized spacial score (nSPS) is 12.0. The molecule has 1 rings (SSSR count). The molecule has 0 atom stereocenters. The lowest BCUT2D eigenvalue weighted by molar-refractivity contribution is 0.569. The van der Waals surface area contributed by atoms with Crippen molar-refractivity contribution in [2.24, 2.45) is 0 Å². The number of rotatable bonds is 3. The maximum Gasteiger partial charge on any atom is 0.241 e. The molecule has 0 spiro atoms. The monoisotopic (exact) mass is 228 g/mol. The highest BCUT2D eigenvalue weighted by Crippen LogP contribution is 2.18. The van der Waals surface area contributed by atoms with Crippen LogP contribution in [-0.2, 0) is 10.0 Å². The minimum atomic E-state index is -3.44. The fourth-order valence-corrected chi connectivity index (χ4v) is 2.81. The highest BCUT2D eigenvalue weighted by molar-refractivity contribution is 7.89. The van der Waals surface area contributed by atoms with Gasteiger partial charge in [-0.1, -0.05) is 6.07 Å². The summed E-state index contributed by atoms with van der Waals surface area (Å²) in [4.78, 5) is 0.246. The van der Waals surface area contributed by atoms with Crippen LogP contribution in [0.4, 0.5) is 5.69 Å². The molecule has 0 aliphatic carbocycles. The molecular weight excluding hydrogens is 212 g/mol. The number of nitrogens with two attached hydrogens (primary N) is 1. The Morgan fingerprint density at radius 3 is 2.47 bits per heavy atom. The molecule has 0 unspecified atom stereocenters. The van der Waals surface area contributed by atoms with Crippen molar-refractivity contribution in [1.29, 1.82) is 0 Å². The van der Waals surface area contributed by atoms with Gasteiger partial charge in [-0.2, -0.15) is 0 Å². The maximum absolute atomic E-state index is 11.8. The molecule has 1 aromatic rings. The van der Waals surface area contributed by atoms with E-state index in [1.54, 1.807) is 32.9 Å². The van der Waals surface area contributed by atoms with Gasteiger partial charge in [-0.25, -0.2) is 13.1 Å². The van der Waals surface area contributed by atoms with Gasteiger partial charge in [0.1, 0.15) is 0 Å². The summed E-state index contributed by atoms with van der Waals surface area (Å²) in [6.07, 6.45) is 0.